The lowest BCUT2D eigenvalue weighted by Gasteiger charge is -2.31. The summed E-state index contributed by atoms with van der Waals surface area (Å²) in [6, 6.07) is 18.2. The molecule has 3 N–H and O–H groups in total. The van der Waals surface area contributed by atoms with Gasteiger partial charge in [-0.1, -0.05) is 12.1 Å². The van der Waals surface area contributed by atoms with Crippen molar-refractivity contribution in [1.82, 2.24) is 19.9 Å². The number of aryl methyl sites for hydroxylation is 1. The number of H-pyrrole nitrogens is 1. The van der Waals surface area contributed by atoms with Crippen LogP contribution in [0.15, 0.2) is 60.8 Å². The van der Waals surface area contributed by atoms with Crippen molar-refractivity contribution in [3.05, 3.63) is 72.1 Å². The van der Waals surface area contributed by atoms with Gasteiger partial charge in [-0.05, 0) is 87.2 Å². The van der Waals surface area contributed by atoms with E-state index in [9.17, 15) is 0 Å². The lowest BCUT2D eigenvalue weighted by atomic mass is 9.94. The molecule has 7 heteroatoms. The number of aromatic amines is 1. The van der Waals surface area contributed by atoms with E-state index in [1.807, 2.05) is 31.2 Å². The molecule has 0 radical (unpaired) electrons. The first-order valence-corrected chi connectivity index (χ1v) is 11.9. The standard InChI is InChI=1S/C27H31N5O2/c1-19-15-22-17-24(5-6-25(22)29-19)34-26-7-11-28-27(31-26)30-23-4-2-3-21(16-23)18-32-12-8-20(9-13-32)10-14-33/h2-7,11,15-17,20,29,33H,8-10,12-14,18H2,1H3,(H,28,30,31). The summed E-state index contributed by atoms with van der Waals surface area (Å²) in [7, 11) is 0. The highest BCUT2D eigenvalue weighted by Crippen LogP contribution is 2.26. The van der Waals surface area contributed by atoms with Gasteiger partial charge in [-0.25, -0.2) is 4.98 Å². The quantitative estimate of drug-likeness (QED) is 0.329. The number of aliphatic hydroxyl groups excluding tert-OH is 1. The summed E-state index contributed by atoms with van der Waals surface area (Å²) in [4.78, 5) is 14.7. The van der Waals surface area contributed by atoms with Crippen LogP contribution in [0.25, 0.3) is 10.9 Å². The molecule has 3 heterocycles. The fourth-order valence-corrected chi connectivity index (χ4v) is 4.65. The summed E-state index contributed by atoms with van der Waals surface area (Å²) in [5.74, 6) is 2.39. The van der Waals surface area contributed by atoms with Crippen LogP contribution in [-0.4, -0.2) is 44.7 Å². The van der Waals surface area contributed by atoms with E-state index in [0.29, 0.717) is 24.4 Å². The molecule has 0 bridgehead atoms. The minimum absolute atomic E-state index is 0.300. The van der Waals surface area contributed by atoms with Gasteiger partial charge in [0, 0.05) is 47.7 Å². The molecule has 176 valence electrons. The van der Waals surface area contributed by atoms with Crippen molar-refractivity contribution in [1.29, 1.82) is 0 Å². The first-order valence-electron chi connectivity index (χ1n) is 11.9. The molecule has 0 unspecified atom stereocenters. The third-order valence-electron chi connectivity index (χ3n) is 6.41. The second-order valence-corrected chi connectivity index (χ2v) is 9.08. The van der Waals surface area contributed by atoms with Gasteiger partial charge in [-0.15, -0.1) is 0 Å². The highest BCUT2D eigenvalue weighted by molar-refractivity contribution is 5.81. The minimum atomic E-state index is 0.300. The predicted octanol–water partition coefficient (Wildman–Crippen LogP) is 5.40. The van der Waals surface area contributed by atoms with Crippen molar-refractivity contribution >= 4 is 22.5 Å². The van der Waals surface area contributed by atoms with Gasteiger partial charge in [-0.3, -0.25) is 4.90 Å². The van der Waals surface area contributed by atoms with Gasteiger partial charge < -0.3 is 20.1 Å². The monoisotopic (exact) mass is 457 g/mol. The topological polar surface area (TPSA) is 86.3 Å². The summed E-state index contributed by atoms with van der Waals surface area (Å²) in [5, 5.41) is 13.6. The number of nitrogens with one attached hydrogen (secondary N) is 2. The summed E-state index contributed by atoms with van der Waals surface area (Å²) < 4.78 is 6.00. The van der Waals surface area contributed by atoms with Gasteiger partial charge in [0.15, 0.2) is 0 Å². The Bertz CT molecular complexity index is 1250. The Morgan fingerprint density at radius 1 is 1.12 bits per heavy atom. The van der Waals surface area contributed by atoms with Gasteiger partial charge in [0.05, 0.1) is 0 Å². The van der Waals surface area contributed by atoms with E-state index in [-0.39, 0.29) is 0 Å². The number of fused-ring (bicyclic) bond motifs is 1. The molecule has 0 spiro atoms. The third-order valence-corrected chi connectivity index (χ3v) is 6.41. The van der Waals surface area contributed by atoms with Crippen LogP contribution in [0.3, 0.4) is 0 Å². The number of benzene rings is 2. The molecule has 0 amide bonds. The molecule has 1 aliphatic heterocycles. The van der Waals surface area contributed by atoms with Crippen molar-refractivity contribution in [3.8, 4) is 11.6 Å². The van der Waals surface area contributed by atoms with Gasteiger partial charge in [0.25, 0.3) is 0 Å². The second kappa shape index (κ2) is 10.2. The van der Waals surface area contributed by atoms with E-state index in [1.165, 1.54) is 5.56 Å². The lowest BCUT2D eigenvalue weighted by Crippen LogP contribution is -2.33. The van der Waals surface area contributed by atoms with Crippen molar-refractivity contribution in [2.75, 3.05) is 25.0 Å². The Labute approximate surface area is 199 Å². The lowest BCUT2D eigenvalue weighted by molar-refractivity contribution is 0.153. The number of likely N-dealkylation sites (tertiary alicyclic amines) is 1. The zero-order valence-electron chi connectivity index (χ0n) is 19.5. The fourth-order valence-electron chi connectivity index (χ4n) is 4.65. The molecule has 34 heavy (non-hydrogen) atoms. The van der Waals surface area contributed by atoms with Crippen molar-refractivity contribution in [2.24, 2.45) is 5.92 Å². The molecule has 4 aromatic rings. The number of aromatic nitrogens is 3. The van der Waals surface area contributed by atoms with E-state index < -0.39 is 0 Å². The zero-order chi connectivity index (χ0) is 23.3. The van der Waals surface area contributed by atoms with Crippen LogP contribution in [-0.2, 0) is 6.54 Å². The number of nitrogens with zero attached hydrogens (tertiary/aromatic N) is 3. The highest BCUT2D eigenvalue weighted by atomic mass is 16.5. The van der Waals surface area contributed by atoms with E-state index in [4.69, 9.17) is 9.84 Å². The summed E-state index contributed by atoms with van der Waals surface area (Å²) in [6.07, 6.45) is 4.95. The van der Waals surface area contributed by atoms with Crippen LogP contribution in [0.5, 0.6) is 11.6 Å². The van der Waals surface area contributed by atoms with E-state index >= 15 is 0 Å². The average molecular weight is 458 g/mol. The molecule has 1 saturated heterocycles. The largest absolute Gasteiger partial charge is 0.439 e. The third kappa shape index (κ3) is 5.55. The molecular weight excluding hydrogens is 426 g/mol. The Morgan fingerprint density at radius 2 is 2.00 bits per heavy atom. The van der Waals surface area contributed by atoms with Crippen molar-refractivity contribution in [3.63, 3.8) is 0 Å². The number of rotatable bonds is 8. The van der Waals surface area contributed by atoms with Crippen molar-refractivity contribution in [2.45, 2.75) is 32.7 Å². The molecular formula is C27H31N5O2. The predicted molar refractivity (Wildman–Crippen MR) is 135 cm³/mol. The maximum Gasteiger partial charge on any atom is 0.230 e. The summed E-state index contributed by atoms with van der Waals surface area (Å²) >= 11 is 0. The SMILES string of the molecule is Cc1cc2cc(Oc3ccnc(Nc4cccc(CN5CCC(CCO)CC5)c4)n3)ccc2[nH]1. The molecule has 2 aromatic carbocycles. The van der Waals surface area contributed by atoms with Crippen LogP contribution in [0.4, 0.5) is 11.6 Å². The van der Waals surface area contributed by atoms with Gasteiger partial charge >= 0.3 is 0 Å². The van der Waals surface area contributed by atoms with Gasteiger partial charge in [0.1, 0.15) is 5.75 Å². The zero-order valence-corrected chi connectivity index (χ0v) is 19.5. The van der Waals surface area contributed by atoms with E-state index in [2.05, 4.69) is 49.4 Å². The number of piperidine rings is 1. The molecule has 1 aliphatic rings. The van der Waals surface area contributed by atoms with Crippen LogP contribution in [0.1, 0.15) is 30.5 Å². The molecule has 5 rings (SSSR count). The number of hydrogen-bond donors (Lipinski definition) is 3. The van der Waals surface area contributed by atoms with Gasteiger partial charge in [-0.2, -0.15) is 4.98 Å². The van der Waals surface area contributed by atoms with Crippen LogP contribution < -0.4 is 10.1 Å². The Hall–Kier alpha value is -3.42. The molecule has 1 fully saturated rings. The van der Waals surface area contributed by atoms with Gasteiger partial charge in [0.2, 0.25) is 11.8 Å². The summed E-state index contributed by atoms with van der Waals surface area (Å²) in [6.45, 7) is 5.43. The molecule has 2 aromatic heterocycles. The number of hydrogen-bond acceptors (Lipinski definition) is 6. The molecule has 7 nitrogen and oxygen atoms in total. The number of ether oxygens (including phenoxy) is 1. The van der Waals surface area contributed by atoms with E-state index in [1.54, 1.807) is 12.3 Å². The molecule has 0 atom stereocenters. The highest BCUT2D eigenvalue weighted by Gasteiger charge is 2.18. The normalized spacial score (nSPS) is 15.0. The van der Waals surface area contributed by atoms with Crippen molar-refractivity contribution < 1.29 is 9.84 Å². The fraction of sp³-hybridized carbons (Fsp3) is 0.333. The van der Waals surface area contributed by atoms with Crippen LogP contribution >= 0.6 is 0 Å². The Kier molecular flexibility index (Phi) is 6.74. The smallest absolute Gasteiger partial charge is 0.230 e. The maximum absolute atomic E-state index is 9.16. The van der Waals surface area contributed by atoms with E-state index in [0.717, 1.165) is 66.9 Å². The second-order valence-electron chi connectivity index (χ2n) is 9.08. The van der Waals surface area contributed by atoms with Crippen LogP contribution in [0, 0.1) is 12.8 Å². The molecule has 0 saturated carbocycles. The maximum atomic E-state index is 9.16. The first kappa shape index (κ1) is 22.4. The molecule has 0 aliphatic carbocycles. The Balaban J connectivity index is 1.22. The summed E-state index contributed by atoms with van der Waals surface area (Å²) in [5.41, 5.74) is 4.42. The number of anilines is 2. The average Bonchev–Trinajstić information content (AvgIpc) is 3.20. The minimum Gasteiger partial charge on any atom is -0.439 e. The van der Waals surface area contributed by atoms with Crippen LogP contribution in [0.2, 0.25) is 0 Å². The first-order chi connectivity index (χ1) is 16.6. The number of aliphatic hydroxyl groups is 1. The Morgan fingerprint density at radius 3 is 2.85 bits per heavy atom.